The molecule has 0 heterocycles. The lowest BCUT2D eigenvalue weighted by atomic mass is 9.67. The molecule has 3 fully saturated rings. The van der Waals surface area contributed by atoms with Crippen LogP contribution in [0.25, 0.3) is 0 Å². The van der Waals surface area contributed by atoms with Gasteiger partial charge in [0.05, 0.1) is 0 Å². The third kappa shape index (κ3) is 6.09. The molecule has 0 spiro atoms. The molecule has 0 aliphatic heterocycles. The summed E-state index contributed by atoms with van der Waals surface area (Å²) in [5, 5.41) is 0. The van der Waals surface area contributed by atoms with Crippen molar-refractivity contribution in [2.75, 3.05) is 0 Å². The summed E-state index contributed by atoms with van der Waals surface area (Å²) in [4.78, 5) is 0. The van der Waals surface area contributed by atoms with E-state index in [1.165, 1.54) is 25.7 Å². The Balaban J connectivity index is 0.00000132. The van der Waals surface area contributed by atoms with E-state index in [4.69, 9.17) is 0 Å². The van der Waals surface area contributed by atoms with Gasteiger partial charge in [-0.05, 0) is 67.6 Å². The molecule has 3 saturated carbocycles. The van der Waals surface area contributed by atoms with Crippen LogP contribution in [0.3, 0.4) is 0 Å². The van der Waals surface area contributed by atoms with Gasteiger partial charge in [0.2, 0.25) is 0 Å². The van der Waals surface area contributed by atoms with Gasteiger partial charge in [-0.15, -0.1) is 0 Å². The Morgan fingerprint density at radius 3 is 1.22 bits per heavy atom. The van der Waals surface area contributed by atoms with Crippen molar-refractivity contribution >= 4 is 0 Å². The summed E-state index contributed by atoms with van der Waals surface area (Å²) in [6, 6.07) is 0. The minimum atomic E-state index is 0. The van der Waals surface area contributed by atoms with Crippen molar-refractivity contribution in [3.05, 3.63) is 0 Å². The van der Waals surface area contributed by atoms with Gasteiger partial charge in [-0.25, -0.2) is 0 Å². The molecule has 0 atom stereocenters. The standard InChI is InChI=1S/C21H38.2CH4/c1-16-3-7-18(8-4-16)15-19-9-13-21(14-10-19)20-11-5-17(2)6-12-20;;/h16-21H,3-15H2,1-2H3;2*1H4. The molecule has 3 aliphatic carbocycles. The highest BCUT2D eigenvalue weighted by molar-refractivity contribution is 4.82. The van der Waals surface area contributed by atoms with Crippen molar-refractivity contribution < 1.29 is 0 Å². The minimum Gasteiger partial charge on any atom is -0.0776 e. The summed E-state index contributed by atoms with van der Waals surface area (Å²) in [6.07, 6.45) is 20.1. The van der Waals surface area contributed by atoms with Gasteiger partial charge in [0.15, 0.2) is 0 Å². The van der Waals surface area contributed by atoms with Gasteiger partial charge < -0.3 is 0 Å². The van der Waals surface area contributed by atoms with E-state index in [1.807, 2.05) is 0 Å². The zero-order chi connectivity index (χ0) is 14.7. The van der Waals surface area contributed by atoms with E-state index < -0.39 is 0 Å². The maximum atomic E-state index is 2.46. The van der Waals surface area contributed by atoms with Crippen LogP contribution in [0.15, 0.2) is 0 Å². The smallest absolute Gasteiger partial charge is 0.0386 e. The van der Waals surface area contributed by atoms with Crippen molar-refractivity contribution in [2.45, 2.75) is 112 Å². The predicted octanol–water partition coefficient (Wildman–Crippen LogP) is 8.11. The third-order valence-corrected chi connectivity index (χ3v) is 7.42. The lowest BCUT2D eigenvalue weighted by molar-refractivity contribution is 0.133. The van der Waals surface area contributed by atoms with Crippen molar-refractivity contribution in [3.63, 3.8) is 0 Å². The monoisotopic (exact) mass is 322 g/mol. The van der Waals surface area contributed by atoms with Crippen molar-refractivity contribution in [3.8, 4) is 0 Å². The van der Waals surface area contributed by atoms with Crippen molar-refractivity contribution in [1.29, 1.82) is 0 Å². The Labute approximate surface area is 148 Å². The molecule has 0 aromatic rings. The summed E-state index contributed by atoms with van der Waals surface area (Å²) in [7, 11) is 0. The minimum absolute atomic E-state index is 0. The zero-order valence-corrected chi connectivity index (χ0v) is 14.7. The summed E-state index contributed by atoms with van der Waals surface area (Å²) in [6.45, 7) is 4.91. The molecular formula is C23H46. The maximum absolute atomic E-state index is 2.46. The second kappa shape index (κ2) is 10.1. The van der Waals surface area contributed by atoms with Crippen LogP contribution in [0, 0.1) is 35.5 Å². The third-order valence-electron chi connectivity index (χ3n) is 7.42. The number of hydrogen-bond acceptors (Lipinski definition) is 0. The van der Waals surface area contributed by atoms with Crippen LogP contribution in [0.1, 0.15) is 112 Å². The summed E-state index contributed by atoms with van der Waals surface area (Å²) >= 11 is 0. The second-order valence-corrected chi connectivity index (χ2v) is 9.16. The van der Waals surface area contributed by atoms with E-state index in [1.54, 1.807) is 57.8 Å². The fourth-order valence-electron chi connectivity index (χ4n) is 5.69. The van der Waals surface area contributed by atoms with Gasteiger partial charge >= 0.3 is 0 Å². The average molecular weight is 323 g/mol. The Hall–Kier alpha value is 0. The van der Waals surface area contributed by atoms with Gasteiger partial charge in [-0.1, -0.05) is 80.1 Å². The predicted molar refractivity (Wildman–Crippen MR) is 106 cm³/mol. The van der Waals surface area contributed by atoms with Crippen LogP contribution in [-0.2, 0) is 0 Å². The largest absolute Gasteiger partial charge is 0.0776 e. The lowest BCUT2D eigenvalue weighted by Gasteiger charge is -2.38. The fraction of sp³-hybridized carbons (Fsp3) is 1.00. The maximum Gasteiger partial charge on any atom is -0.0386 e. The average Bonchev–Trinajstić information content (AvgIpc) is 2.51. The Bertz CT molecular complexity index is 283. The number of rotatable bonds is 3. The quantitative estimate of drug-likeness (QED) is 0.492. The Morgan fingerprint density at radius 1 is 0.478 bits per heavy atom. The van der Waals surface area contributed by atoms with E-state index in [9.17, 15) is 0 Å². The van der Waals surface area contributed by atoms with Crippen LogP contribution < -0.4 is 0 Å². The van der Waals surface area contributed by atoms with Crippen LogP contribution in [0.2, 0.25) is 0 Å². The molecule has 0 amide bonds. The summed E-state index contributed by atoms with van der Waals surface area (Å²) < 4.78 is 0. The highest BCUT2D eigenvalue weighted by Crippen LogP contribution is 2.43. The van der Waals surface area contributed by atoms with Crippen LogP contribution in [-0.4, -0.2) is 0 Å². The molecule has 138 valence electrons. The first-order valence-corrected chi connectivity index (χ1v) is 10.2. The van der Waals surface area contributed by atoms with E-state index in [0.29, 0.717) is 0 Å². The first-order valence-electron chi connectivity index (χ1n) is 10.2. The molecule has 0 aromatic heterocycles. The molecule has 3 rings (SSSR count). The zero-order valence-electron chi connectivity index (χ0n) is 14.7. The van der Waals surface area contributed by atoms with Crippen molar-refractivity contribution in [1.82, 2.24) is 0 Å². The Kier molecular flexibility index (Phi) is 9.24. The molecule has 0 saturated heterocycles. The SMILES string of the molecule is C.C.CC1CCC(CC2CCC(C3CCC(C)CC3)CC2)CC1. The highest BCUT2D eigenvalue weighted by atomic mass is 14.4. The van der Waals surface area contributed by atoms with Crippen LogP contribution in [0.4, 0.5) is 0 Å². The molecule has 23 heavy (non-hydrogen) atoms. The van der Waals surface area contributed by atoms with Crippen LogP contribution >= 0.6 is 0 Å². The first kappa shape index (κ1) is 21.0. The van der Waals surface area contributed by atoms with Gasteiger partial charge in [0, 0.05) is 0 Å². The van der Waals surface area contributed by atoms with Crippen LogP contribution in [0.5, 0.6) is 0 Å². The Morgan fingerprint density at radius 2 is 0.783 bits per heavy atom. The van der Waals surface area contributed by atoms with E-state index in [-0.39, 0.29) is 14.9 Å². The second-order valence-electron chi connectivity index (χ2n) is 9.16. The van der Waals surface area contributed by atoms with E-state index in [0.717, 1.165) is 35.5 Å². The molecular weight excluding hydrogens is 276 g/mol. The highest BCUT2D eigenvalue weighted by Gasteiger charge is 2.31. The molecule has 0 nitrogen and oxygen atoms in total. The fourth-order valence-corrected chi connectivity index (χ4v) is 5.69. The van der Waals surface area contributed by atoms with Crippen molar-refractivity contribution in [2.24, 2.45) is 35.5 Å². The lowest BCUT2D eigenvalue weighted by Crippen LogP contribution is -2.26. The first-order chi connectivity index (χ1) is 10.2. The van der Waals surface area contributed by atoms with Gasteiger partial charge in [0.25, 0.3) is 0 Å². The molecule has 0 heteroatoms. The molecule has 0 N–H and O–H groups in total. The van der Waals surface area contributed by atoms with Gasteiger partial charge in [-0.2, -0.15) is 0 Å². The normalized spacial score (nSPS) is 41.5. The molecule has 0 bridgehead atoms. The van der Waals surface area contributed by atoms with E-state index in [2.05, 4.69) is 13.8 Å². The molecule has 0 aromatic carbocycles. The molecule has 3 aliphatic rings. The van der Waals surface area contributed by atoms with E-state index >= 15 is 0 Å². The van der Waals surface area contributed by atoms with Gasteiger partial charge in [-0.3, -0.25) is 0 Å². The molecule has 0 unspecified atom stereocenters. The number of hydrogen-bond donors (Lipinski definition) is 0. The van der Waals surface area contributed by atoms with Gasteiger partial charge in [0.1, 0.15) is 0 Å². The topological polar surface area (TPSA) is 0 Å². The summed E-state index contributed by atoms with van der Waals surface area (Å²) in [5.74, 6) is 6.45. The molecule has 0 radical (unpaired) electrons. The summed E-state index contributed by atoms with van der Waals surface area (Å²) in [5.41, 5.74) is 0.